The second-order valence-corrected chi connectivity index (χ2v) is 36.4. The highest BCUT2D eigenvalue weighted by Gasteiger charge is 2.37. The van der Waals surface area contributed by atoms with Crippen LogP contribution in [-0.4, -0.2) is 147 Å². The summed E-state index contributed by atoms with van der Waals surface area (Å²) in [7, 11) is 1.63. The van der Waals surface area contributed by atoms with Crippen LogP contribution in [0.2, 0.25) is 0 Å². The number of carbonyl (C=O) groups excluding carboxylic acids is 3. The Morgan fingerprint density at radius 1 is 0.345 bits per heavy atom. The van der Waals surface area contributed by atoms with Crippen LogP contribution >= 0.6 is 15.9 Å². The molecule has 0 saturated heterocycles. The zero-order valence-electron chi connectivity index (χ0n) is 76.6. The van der Waals surface area contributed by atoms with E-state index in [1.165, 1.54) is 52.5 Å². The number of hydrogen-bond acceptors (Lipinski definition) is 24. The van der Waals surface area contributed by atoms with Crippen LogP contribution in [0.25, 0.3) is 112 Å². The quantitative estimate of drug-likeness (QED) is 0.0329. The van der Waals surface area contributed by atoms with Gasteiger partial charge in [0.1, 0.15) is 40.7 Å². The van der Waals surface area contributed by atoms with Crippen molar-refractivity contribution >= 4 is 103 Å². The van der Waals surface area contributed by atoms with Crippen molar-refractivity contribution in [3.05, 3.63) is 256 Å². The van der Waals surface area contributed by atoms with Crippen LogP contribution in [0.4, 0.5) is 32.1 Å². The van der Waals surface area contributed by atoms with Crippen LogP contribution < -0.4 is 27.7 Å². The summed E-state index contributed by atoms with van der Waals surface area (Å²) < 4.78 is 38.8. The van der Waals surface area contributed by atoms with Crippen LogP contribution in [0.15, 0.2) is 200 Å². The fraction of sp³-hybridized carbons (Fsp3) is 0.279. The number of nitrogens with two attached hydrogens (primary N) is 4. The number of carbonyl (C=O) groups is 7. The first-order valence-electron chi connectivity index (χ1n) is 45.8. The second-order valence-electron chi connectivity index (χ2n) is 35.7. The van der Waals surface area contributed by atoms with Gasteiger partial charge in [0, 0.05) is 115 Å². The van der Waals surface area contributed by atoms with E-state index in [1.54, 1.807) is 92.4 Å². The Balaban J connectivity index is 0.000000128. The van der Waals surface area contributed by atoms with Crippen molar-refractivity contribution in [3.63, 3.8) is 0 Å². The third-order valence-electron chi connectivity index (χ3n) is 27.0. The molecule has 0 spiro atoms. The summed E-state index contributed by atoms with van der Waals surface area (Å²) in [5, 5.41) is 55.0. The number of anilines is 4. The topological polar surface area (TPSA) is 486 Å². The molecule has 35 heteroatoms. The molecule has 4 aromatic carbocycles. The van der Waals surface area contributed by atoms with Crippen LogP contribution in [0.3, 0.4) is 0 Å². The summed E-state index contributed by atoms with van der Waals surface area (Å²) in [6, 6.07) is 44.0. The number of ketones is 3. The van der Waals surface area contributed by atoms with Gasteiger partial charge in [-0.2, -0.15) is 38.5 Å². The average Bonchev–Trinajstić information content (AvgIpc) is 1.65. The number of methoxy groups -OCH3 is 1. The lowest BCUT2D eigenvalue weighted by molar-refractivity contribution is -0.143. The maximum atomic E-state index is 13.6. The van der Waals surface area contributed by atoms with Gasteiger partial charge in [-0.15, -0.1) is 0 Å². The van der Waals surface area contributed by atoms with Gasteiger partial charge in [-0.3, -0.25) is 53.5 Å². The van der Waals surface area contributed by atoms with Gasteiger partial charge < -0.3 is 48.1 Å². The average molecular weight is 1940 g/mol. The molecule has 0 radical (unpaired) electrons. The third kappa shape index (κ3) is 19.7. The highest BCUT2D eigenvalue weighted by Crippen LogP contribution is 2.46. The summed E-state index contributed by atoms with van der Waals surface area (Å²) >= 11 is 3.59. The number of carboxylic acid groups (broad SMARTS) is 4. The minimum absolute atomic E-state index is 0.0249. The molecule has 4 aliphatic rings. The number of nitrogen functional groups attached to an aromatic ring is 4. The molecule has 708 valence electrons. The van der Waals surface area contributed by atoms with E-state index in [-0.39, 0.29) is 93.8 Å². The Labute approximate surface area is 803 Å². The first-order valence-corrected chi connectivity index (χ1v) is 46.6. The Morgan fingerprint density at radius 2 is 0.619 bits per heavy atom. The maximum absolute atomic E-state index is 13.6. The summed E-state index contributed by atoms with van der Waals surface area (Å²) in [5.41, 5.74) is 45.4. The molecule has 16 aromatic rings. The SMILES string of the molecule is CC(=O)c1c(C2CCC(C(=O)O)CC2)nc2c(-c3ccc(-c4ccc(F)cc4)nc3)cnn2c1N.CC(=O)c1c(C2CCC(C(=O)O)CC2)nc2c(-c3ccc(-c4ccccc4)nc3)cnn2c1N.COc1ccc(-c2ccc(-c3cnn4c(N)c(C(C)=O)c(C5CCC(C(=O)O)CC5)nc34)cn2)cc1.Cc1cc(-c2ccc(-c3cnn4c(N)c(Br)c(C5CCC(C(=O)O)CC5)nc34)cn2)ccc1F. The summed E-state index contributed by atoms with van der Waals surface area (Å²) in [5.74, 6) is -3.56. The molecular formula is C104H99BrF2N20O12. The number of rotatable bonds is 20. The third-order valence-corrected chi connectivity index (χ3v) is 27.8. The van der Waals surface area contributed by atoms with Gasteiger partial charge in [-0.05, 0) is 243 Å². The lowest BCUT2D eigenvalue weighted by atomic mass is 9.79. The lowest BCUT2D eigenvalue weighted by Crippen LogP contribution is -2.23. The van der Waals surface area contributed by atoms with Crippen molar-refractivity contribution in [2.75, 3.05) is 30.0 Å². The molecule has 4 aliphatic carbocycles. The van der Waals surface area contributed by atoms with Gasteiger partial charge in [0.25, 0.3) is 0 Å². The number of hydrogen-bond donors (Lipinski definition) is 8. The molecule has 12 N–H and O–H groups in total. The molecule has 139 heavy (non-hydrogen) atoms. The lowest BCUT2D eigenvalue weighted by Gasteiger charge is -2.27. The number of benzene rings is 4. The zero-order chi connectivity index (χ0) is 97.9. The summed E-state index contributed by atoms with van der Waals surface area (Å²) in [4.78, 5) is 121. The smallest absolute Gasteiger partial charge is 0.306 e. The Morgan fingerprint density at radius 3 is 0.906 bits per heavy atom. The van der Waals surface area contributed by atoms with E-state index >= 15 is 0 Å². The molecular weight excluding hydrogens is 1840 g/mol. The molecule has 20 rings (SSSR count). The molecule has 4 saturated carbocycles. The minimum atomic E-state index is -0.784. The predicted octanol–water partition coefficient (Wildman–Crippen LogP) is 19.6. The molecule has 0 atom stereocenters. The Kier molecular flexibility index (Phi) is 27.7. The standard InChI is InChI=1S/C27H27N5O4.C26H24FN5O3.C26H25N5O3.C25H23BrFN5O2/c1-15(33)23-24(17-3-5-18(6-4-17)27(34)35)31-26-21(14-30-32(26)25(23)28)19-9-12-22(29-13-19)16-7-10-20(36-2)11-8-16;1-14(33)22-23(16-2-4-17(5-3-16)26(34)35)31-25-20(13-30-32(25)24(22)28)18-8-11-21(29-12-18)15-6-9-19(27)10-7-15;1-15(32)22-23(17-7-9-18(10-8-17)26(33)34)30-25-20(14-29-31(25)24(22)27)19-11-12-21(28-13-19)16-5-3-2-4-6-16;1-13-10-16(6-8-19(13)27)20-9-7-17(11-29-20)18-12-30-32-23(28)21(26)22(31-24(18)32)14-2-4-15(5-3-14)25(33)34/h7-14,17-18H,3-6,28H2,1-2H3,(H,34,35);6-13,16-17H,2-5,28H2,1H3,(H,34,35);2-6,11-14,17-18H,7-10,27H2,1H3,(H,33,34);6-12,14-15H,2-5,28H2,1H3,(H,33,34). The van der Waals surface area contributed by atoms with Gasteiger partial charge in [-0.1, -0.05) is 54.6 Å². The molecule has 0 aliphatic heterocycles. The van der Waals surface area contributed by atoms with E-state index in [0.29, 0.717) is 173 Å². The first-order chi connectivity index (χ1) is 67.0. The molecule has 12 aromatic heterocycles. The first kappa shape index (κ1) is 94.9. The summed E-state index contributed by atoms with van der Waals surface area (Å²) in [6.45, 7) is 6.13. The van der Waals surface area contributed by atoms with Crippen LogP contribution in [-0.2, 0) is 19.2 Å². The minimum Gasteiger partial charge on any atom is -0.497 e. The molecule has 12 heterocycles. The second kappa shape index (κ2) is 40.6. The van der Waals surface area contributed by atoms with Gasteiger partial charge in [0.2, 0.25) is 0 Å². The molecule has 0 amide bonds. The number of aliphatic carboxylic acids is 4. The van der Waals surface area contributed by atoms with Crippen molar-refractivity contribution in [1.29, 1.82) is 0 Å². The van der Waals surface area contributed by atoms with E-state index in [9.17, 15) is 62.8 Å². The van der Waals surface area contributed by atoms with Crippen LogP contribution in [0.1, 0.15) is 207 Å². The van der Waals surface area contributed by atoms with E-state index in [2.05, 4.69) is 56.3 Å². The molecule has 0 bridgehead atoms. The van der Waals surface area contributed by atoms with Crippen molar-refractivity contribution in [2.45, 2.75) is 154 Å². The maximum Gasteiger partial charge on any atom is 0.306 e. The summed E-state index contributed by atoms with van der Waals surface area (Å²) in [6.07, 6.45) is 23.6. The Hall–Kier alpha value is -15.8. The highest BCUT2D eigenvalue weighted by molar-refractivity contribution is 9.10. The number of carboxylic acids is 4. The molecule has 4 fully saturated rings. The van der Waals surface area contributed by atoms with Gasteiger partial charge in [0.15, 0.2) is 39.9 Å². The number of ether oxygens (including phenoxy) is 1. The van der Waals surface area contributed by atoms with Crippen LogP contribution in [0.5, 0.6) is 5.75 Å². The molecule has 0 unspecified atom stereocenters. The van der Waals surface area contributed by atoms with Gasteiger partial charge >= 0.3 is 23.9 Å². The number of aromatic nitrogens is 16. The molecule has 32 nitrogen and oxygen atoms in total. The van der Waals surface area contributed by atoms with Crippen molar-refractivity contribution < 1.29 is 67.5 Å². The van der Waals surface area contributed by atoms with Gasteiger partial charge in [-0.25, -0.2) is 28.7 Å². The number of pyridine rings is 4. The van der Waals surface area contributed by atoms with Gasteiger partial charge in [0.05, 0.1) is 122 Å². The largest absolute Gasteiger partial charge is 0.497 e. The normalized spacial score (nSPS) is 18.0. The number of Topliss-reactive ketones (excluding diaryl/α,β-unsaturated/α-hetero) is 3. The zero-order valence-corrected chi connectivity index (χ0v) is 78.1. The monoisotopic (exact) mass is 1940 g/mol. The van der Waals surface area contributed by atoms with Crippen molar-refractivity contribution in [3.8, 4) is 95.3 Å². The number of aryl methyl sites for hydroxylation is 1. The van der Waals surface area contributed by atoms with E-state index in [0.717, 1.165) is 103 Å². The fourth-order valence-electron chi connectivity index (χ4n) is 19.3. The van der Waals surface area contributed by atoms with E-state index < -0.39 is 23.9 Å². The van der Waals surface area contributed by atoms with Crippen molar-refractivity contribution in [1.82, 2.24) is 78.3 Å². The fourth-order valence-corrected chi connectivity index (χ4v) is 19.9. The number of fused-ring (bicyclic) bond motifs is 4. The van der Waals surface area contributed by atoms with Crippen molar-refractivity contribution in [2.24, 2.45) is 23.7 Å². The highest BCUT2D eigenvalue weighted by atomic mass is 79.9. The van der Waals surface area contributed by atoms with E-state index in [4.69, 9.17) is 47.6 Å². The van der Waals surface area contributed by atoms with E-state index in [1.807, 2.05) is 103 Å². The Bertz CT molecular complexity index is 7380. The number of halogens is 3. The number of nitrogens with zero attached hydrogens (tertiary/aromatic N) is 16. The predicted molar refractivity (Wildman–Crippen MR) is 523 cm³/mol. The van der Waals surface area contributed by atoms with Crippen LogP contribution in [0, 0.1) is 42.2 Å².